The summed E-state index contributed by atoms with van der Waals surface area (Å²) in [5.41, 5.74) is 5.09. The highest BCUT2D eigenvalue weighted by Gasteiger charge is 2.11. The third-order valence-electron chi connectivity index (χ3n) is 5.77. The van der Waals surface area contributed by atoms with E-state index in [1.54, 1.807) is 0 Å². The quantitative estimate of drug-likeness (QED) is 0.282. The Morgan fingerprint density at radius 2 is 1.42 bits per heavy atom. The topological polar surface area (TPSA) is 61.4 Å². The van der Waals surface area contributed by atoms with Gasteiger partial charge in [-0.25, -0.2) is 0 Å². The zero-order chi connectivity index (χ0) is 23.2. The van der Waals surface area contributed by atoms with E-state index in [0.29, 0.717) is 11.8 Å². The van der Waals surface area contributed by atoms with Crippen molar-refractivity contribution in [2.45, 2.75) is 53.1 Å². The molecule has 0 aliphatic heterocycles. The Hall–Kier alpha value is -2.99. The molecular weight excluding hydrogens is 432 g/mol. The smallest absolute Gasteiger partial charge is 0.113 e. The van der Waals surface area contributed by atoms with Gasteiger partial charge in [-0.3, -0.25) is 9.36 Å². The van der Waals surface area contributed by atoms with Gasteiger partial charge >= 0.3 is 0 Å². The largest absolute Gasteiger partial charge is 0.252 e. The first-order valence-electron chi connectivity index (χ1n) is 11.6. The summed E-state index contributed by atoms with van der Waals surface area (Å²) in [6.45, 7) is 8.40. The Morgan fingerprint density at radius 1 is 0.788 bits per heavy atom. The standard InChI is InChI=1S/C26H31ClN6/c1-19(2)9-11-32-18-26(29-31-32)23-14-21(15-24(27)16-23)13-20(3)10-12-33-17-25(28-30-33)22-7-5-4-6-8-22/h4-8,14-20H,9-13H2,1-3H3. The van der Waals surface area contributed by atoms with E-state index in [1.165, 1.54) is 5.56 Å². The van der Waals surface area contributed by atoms with Crippen LogP contribution in [0.5, 0.6) is 0 Å². The number of halogens is 1. The van der Waals surface area contributed by atoms with Gasteiger partial charge < -0.3 is 0 Å². The number of aryl methyl sites for hydroxylation is 2. The van der Waals surface area contributed by atoms with Gasteiger partial charge in [-0.15, -0.1) is 10.2 Å². The predicted molar refractivity (Wildman–Crippen MR) is 133 cm³/mol. The van der Waals surface area contributed by atoms with Crippen LogP contribution in [-0.4, -0.2) is 30.0 Å². The van der Waals surface area contributed by atoms with Crippen molar-refractivity contribution in [3.05, 3.63) is 71.5 Å². The second kappa shape index (κ2) is 10.8. The minimum Gasteiger partial charge on any atom is -0.252 e. The summed E-state index contributed by atoms with van der Waals surface area (Å²) in [7, 11) is 0. The molecule has 0 aliphatic rings. The molecule has 0 aliphatic carbocycles. The molecule has 0 bridgehead atoms. The molecule has 7 heteroatoms. The molecule has 4 rings (SSSR count). The van der Waals surface area contributed by atoms with Gasteiger partial charge in [0, 0.05) is 29.2 Å². The zero-order valence-electron chi connectivity index (χ0n) is 19.5. The minimum absolute atomic E-state index is 0.474. The van der Waals surface area contributed by atoms with Gasteiger partial charge in [0.1, 0.15) is 11.4 Å². The second-order valence-corrected chi connectivity index (χ2v) is 9.66. The number of nitrogens with zero attached hydrogens (tertiary/aromatic N) is 6. The van der Waals surface area contributed by atoms with Crippen molar-refractivity contribution in [1.82, 2.24) is 30.0 Å². The zero-order valence-corrected chi connectivity index (χ0v) is 20.3. The van der Waals surface area contributed by atoms with Crippen LogP contribution in [0, 0.1) is 11.8 Å². The second-order valence-electron chi connectivity index (χ2n) is 9.23. The fourth-order valence-corrected chi connectivity index (χ4v) is 4.11. The molecule has 0 fully saturated rings. The fraction of sp³-hybridized carbons (Fsp3) is 0.385. The number of benzene rings is 2. The minimum atomic E-state index is 0.474. The molecule has 2 aromatic heterocycles. The first kappa shape index (κ1) is 23.2. The highest BCUT2D eigenvalue weighted by Crippen LogP contribution is 2.26. The predicted octanol–water partition coefficient (Wildman–Crippen LogP) is 6.17. The first-order chi connectivity index (χ1) is 16.0. The van der Waals surface area contributed by atoms with E-state index in [1.807, 2.05) is 52.1 Å². The SMILES string of the molecule is CC(C)CCn1cc(-c2cc(Cl)cc(CC(C)CCn3cc(-c4ccccc4)nn3)c2)nn1. The Bertz CT molecular complexity index is 1160. The van der Waals surface area contributed by atoms with Gasteiger partial charge in [-0.2, -0.15) is 0 Å². The van der Waals surface area contributed by atoms with Crippen molar-refractivity contribution in [3.63, 3.8) is 0 Å². The average Bonchev–Trinajstić information content (AvgIpc) is 3.46. The molecule has 1 unspecified atom stereocenters. The Balaban J connectivity index is 1.36. The van der Waals surface area contributed by atoms with Crippen molar-refractivity contribution in [3.8, 4) is 22.5 Å². The lowest BCUT2D eigenvalue weighted by atomic mass is 9.96. The third-order valence-corrected chi connectivity index (χ3v) is 5.99. The lowest BCUT2D eigenvalue weighted by Crippen LogP contribution is -2.07. The molecular formula is C26H31ClN6. The van der Waals surface area contributed by atoms with E-state index >= 15 is 0 Å². The van der Waals surface area contributed by atoms with E-state index in [-0.39, 0.29) is 0 Å². The molecule has 6 nitrogen and oxygen atoms in total. The monoisotopic (exact) mass is 462 g/mol. The van der Waals surface area contributed by atoms with Gasteiger partial charge in [-0.05, 0) is 54.9 Å². The summed E-state index contributed by atoms with van der Waals surface area (Å²) in [5, 5.41) is 18.0. The molecule has 1 atom stereocenters. The van der Waals surface area contributed by atoms with Gasteiger partial charge in [0.05, 0.1) is 12.4 Å². The molecule has 0 saturated carbocycles. The van der Waals surface area contributed by atoms with E-state index in [9.17, 15) is 0 Å². The van der Waals surface area contributed by atoms with Gasteiger partial charge in [-0.1, -0.05) is 73.1 Å². The molecule has 33 heavy (non-hydrogen) atoms. The number of aromatic nitrogens is 6. The molecule has 2 aromatic carbocycles. The van der Waals surface area contributed by atoms with Crippen LogP contribution < -0.4 is 0 Å². The molecule has 0 radical (unpaired) electrons. The number of rotatable bonds is 10. The molecule has 0 saturated heterocycles. The van der Waals surface area contributed by atoms with Crippen molar-refractivity contribution in [1.29, 1.82) is 0 Å². The maximum atomic E-state index is 6.45. The summed E-state index contributed by atoms with van der Waals surface area (Å²) < 4.78 is 3.85. The lowest BCUT2D eigenvalue weighted by Gasteiger charge is -2.12. The average molecular weight is 463 g/mol. The highest BCUT2D eigenvalue weighted by molar-refractivity contribution is 6.30. The molecule has 0 amide bonds. The van der Waals surface area contributed by atoms with Gasteiger partial charge in [0.15, 0.2) is 0 Å². The highest BCUT2D eigenvalue weighted by atomic mass is 35.5. The maximum Gasteiger partial charge on any atom is 0.113 e. The fourth-order valence-electron chi connectivity index (χ4n) is 3.85. The van der Waals surface area contributed by atoms with Crippen LogP contribution in [0.25, 0.3) is 22.5 Å². The molecule has 172 valence electrons. The van der Waals surface area contributed by atoms with Crippen LogP contribution in [0.1, 0.15) is 39.2 Å². The number of hydrogen-bond donors (Lipinski definition) is 0. The first-order valence-corrected chi connectivity index (χ1v) is 12.0. The van der Waals surface area contributed by atoms with Crippen LogP contribution in [-0.2, 0) is 19.5 Å². The molecule has 2 heterocycles. The van der Waals surface area contributed by atoms with Crippen molar-refractivity contribution in [2.24, 2.45) is 11.8 Å². The summed E-state index contributed by atoms with van der Waals surface area (Å²) in [5.74, 6) is 1.11. The van der Waals surface area contributed by atoms with Crippen molar-refractivity contribution < 1.29 is 0 Å². The van der Waals surface area contributed by atoms with Crippen LogP contribution in [0.15, 0.2) is 60.9 Å². The summed E-state index contributed by atoms with van der Waals surface area (Å²) >= 11 is 6.45. The van der Waals surface area contributed by atoms with Crippen LogP contribution in [0.4, 0.5) is 0 Å². The molecule has 4 aromatic rings. The summed E-state index contributed by atoms with van der Waals surface area (Å²) in [6.07, 6.45) is 7.05. The van der Waals surface area contributed by atoms with Crippen LogP contribution in [0.3, 0.4) is 0 Å². The summed E-state index contributed by atoms with van der Waals surface area (Å²) in [6, 6.07) is 16.3. The Labute approximate surface area is 200 Å². The van der Waals surface area contributed by atoms with Gasteiger partial charge in [0.2, 0.25) is 0 Å². The third kappa shape index (κ3) is 6.51. The van der Waals surface area contributed by atoms with E-state index in [4.69, 9.17) is 11.6 Å². The van der Waals surface area contributed by atoms with E-state index in [2.05, 4.69) is 59.6 Å². The van der Waals surface area contributed by atoms with Crippen LogP contribution >= 0.6 is 11.6 Å². The summed E-state index contributed by atoms with van der Waals surface area (Å²) in [4.78, 5) is 0. The lowest BCUT2D eigenvalue weighted by molar-refractivity contribution is 0.450. The number of hydrogen-bond acceptors (Lipinski definition) is 4. The Kier molecular flexibility index (Phi) is 7.55. The molecule has 0 spiro atoms. The van der Waals surface area contributed by atoms with E-state index in [0.717, 1.165) is 59.9 Å². The van der Waals surface area contributed by atoms with Crippen molar-refractivity contribution in [2.75, 3.05) is 0 Å². The van der Waals surface area contributed by atoms with Crippen molar-refractivity contribution >= 4 is 11.6 Å². The van der Waals surface area contributed by atoms with Gasteiger partial charge in [0.25, 0.3) is 0 Å². The van der Waals surface area contributed by atoms with E-state index < -0.39 is 0 Å². The maximum absolute atomic E-state index is 6.45. The molecule has 0 N–H and O–H groups in total. The normalized spacial score (nSPS) is 12.4. The van der Waals surface area contributed by atoms with Crippen LogP contribution in [0.2, 0.25) is 5.02 Å². The Morgan fingerprint density at radius 3 is 2.09 bits per heavy atom.